The Hall–Kier alpha value is -2.26. The lowest BCUT2D eigenvalue weighted by atomic mass is 9.85. The third-order valence-corrected chi connectivity index (χ3v) is 9.04. The van der Waals surface area contributed by atoms with Gasteiger partial charge in [0.1, 0.15) is 12.4 Å². The summed E-state index contributed by atoms with van der Waals surface area (Å²) < 4.78 is 40.0. The fourth-order valence-corrected chi connectivity index (χ4v) is 7.11. The predicted octanol–water partition coefficient (Wildman–Crippen LogP) is 3.54. The van der Waals surface area contributed by atoms with Crippen LogP contribution >= 0.6 is 0 Å². The van der Waals surface area contributed by atoms with Crippen molar-refractivity contribution in [3.8, 4) is 17.5 Å². The maximum atomic E-state index is 13.0. The van der Waals surface area contributed by atoms with Gasteiger partial charge in [-0.25, -0.2) is 18.4 Å². The molecule has 2 bridgehead atoms. The molecule has 2 atom stereocenters. The number of hydrogen-bond donors (Lipinski definition) is 0. The minimum absolute atomic E-state index is 0.0269. The number of aromatic nitrogens is 3. The first kappa shape index (κ1) is 20.6. The van der Waals surface area contributed by atoms with Gasteiger partial charge in [0, 0.05) is 31.1 Å². The lowest BCUT2D eigenvalue weighted by molar-refractivity contribution is 0.0324. The van der Waals surface area contributed by atoms with Crippen molar-refractivity contribution in [2.45, 2.75) is 82.2 Å². The van der Waals surface area contributed by atoms with Crippen molar-refractivity contribution >= 4 is 10.0 Å². The molecular formula is C22H28N4O4S. The second kappa shape index (κ2) is 8.02. The third kappa shape index (κ3) is 4.01. The second-order valence-corrected chi connectivity index (χ2v) is 10.9. The van der Waals surface area contributed by atoms with Crippen LogP contribution in [0.1, 0.15) is 56.2 Å². The Bertz CT molecular complexity index is 1060. The van der Waals surface area contributed by atoms with E-state index < -0.39 is 10.0 Å². The number of sulfonamides is 1. The SMILES string of the molecule is Cc1ncccc1Oc1ncnc(OC2CC3CCCC(C2)N3S(=O)(=O)C2CC2)c1C. The molecule has 9 heteroatoms. The van der Waals surface area contributed by atoms with Crippen LogP contribution in [0, 0.1) is 13.8 Å². The van der Waals surface area contributed by atoms with Crippen molar-refractivity contribution in [2.75, 3.05) is 0 Å². The average Bonchev–Trinajstić information content (AvgIpc) is 3.58. The van der Waals surface area contributed by atoms with Gasteiger partial charge in [0.2, 0.25) is 21.8 Å². The van der Waals surface area contributed by atoms with E-state index in [0.717, 1.165) is 43.4 Å². The summed E-state index contributed by atoms with van der Waals surface area (Å²) in [5.74, 6) is 1.58. The van der Waals surface area contributed by atoms with E-state index in [1.807, 2.05) is 30.3 Å². The molecule has 0 aromatic carbocycles. The third-order valence-electron chi connectivity index (χ3n) is 6.54. The lowest BCUT2D eigenvalue weighted by Crippen LogP contribution is -2.57. The highest BCUT2D eigenvalue weighted by molar-refractivity contribution is 7.90. The molecule has 5 rings (SSSR count). The van der Waals surface area contributed by atoms with Crippen LogP contribution in [0.4, 0.5) is 0 Å². The zero-order chi connectivity index (χ0) is 21.6. The van der Waals surface area contributed by atoms with Gasteiger partial charge in [-0.3, -0.25) is 4.98 Å². The molecule has 8 nitrogen and oxygen atoms in total. The largest absolute Gasteiger partial charge is 0.474 e. The summed E-state index contributed by atoms with van der Waals surface area (Å²) >= 11 is 0. The van der Waals surface area contributed by atoms with E-state index in [-0.39, 0.29) is 23.4 Å². The summed E-state index contributed by atoms with van der Waals surface area (Å²) in [5, 5.41) is -0.159. The number of piperidine rings is 2. The van der Waals surface area contributed by atoms with E-state index in [1.165, 1.54) is 6.33 Å². The molecule has 1 saturated carbocycles. The van der Waals surface area contributed by atoms with Gasteiger partial charge < -0.3 is 9.47 Å². The maximum Gasteiger partial charge on any atom is 0.229 e. The van der Waals surface area contributed by atoms with Gasteiger partial charge >= 0.3 is 0 Å². The van der Waals surface area contributed by atoms with Gasteiger partial charge in [-0.1, -0.05) is 6.42 Å². The molecule has 0 radical (unpaired) electrons. The highest BCUT2D eigenvalue weighted by Gasteiger charge is 2.50. The smallest absolute Gasteiger partial charge is 0.229 e. The Morgan fingerprint density at radius 3 is 2.39 bits per heavy atom. The van der Waals surface area contributed by atoms with E-state index in [0.29, 0.717) is 30.4 Å². The Kier molecular flexibility index (Phi) is 5.34. The number of pyridine rings is 1. The fourth-order valence-electron chi connectivity index (χ4n) is 4.82. The molecular weight excluding hydrogens is 416 g/mol. The molecule has 2 aliphatic heterocycles. The number of aryl methyl sites for hydroxylation is 1. The topological polar surface area (TPSA) is 94.5 Å². The number of hydrogen-bond acceptors (Lipinski definition) is 7. The van der Waals surface area contributed by atoms with Crippen LogP contribution in [0.15, 0.2) is 24.7 Å². The first-order chi connectivity index (χ1) is 14.9. The molecule has 2 unspecified atom stereocenters. The predicted molar refractivity (Wildman–Crippen MR) is 115 cm³/mol. The molecule has 3 fully saturated rings. The maximum absolute atomic E-state index is 13.0. The number of ether oxygens (including phenoxy) is 2. The summed E-state index contributed by atoms with van der Waals surface area (Å²) in [5.41, 5.74) is 1.50. The number of rotatable bonds is 6. The Labute approximate surface area is 183 Å². The summed E-state index contributed by atoms with van der Waals surface area (Å²) in [4.78, 5) is 12.8. The van der Waals surface area contributed by atoms with E-state index >= 15 is 0 Å². The van der Waals surface area contributed by atoms with Crippen LogP contribution in [0.2, 0.25) is 0 Å². The van der Waals surface area contributed by atoms with Crippen molar-refractivity contribution in [3.63, 3.8) is 0 Å². The van der Waals surface area contributed by atoms with Gasteiger partial charge in [0.15, 0.2) is 5.75 Å². The monoisotopic (exact) mass is 444 g/mol. The molecule has 3 aliphatic rings. The molecule has 0 amide bonds. The van der Waals surface area contributed by atoms with E-state index in [1.54, 1.807) is 6.20 Å². The van der Waals surface area contributed by atoms with Crippen molar-refractivity contribution in [3.05, 3.63) is 35.9 Å². The quantitative estimate of drug-likeness (QED) is 0.672. The van der Waals surface area contributed by atoms with Gasteiger partial charge in [0.05, 0.1) is 16.5 Å². The normalized spacial score (nSPS) is 26.5. The first-order valence-corrected chi connectivity index (χ1v) is 12.5. The van der Waals surface area contributed by atoms with Gasteiger partial charge in [0.25, 0.3) is 0 Å². The zero-order valence-electron chi connectivity index (χ0n) is 17.9. The fraction of sp³-hybridized carbons (Fsp3) is 0.591. The molecule has 0 spiro atoms. The van der Waals surface area contributed by atoms with Crippen molar-refractivity contribution in [1.29, 1.82) is 0 Å². The first-order valence-electron chi connectivity index (χ1n) is 11.0. The summed E-state index contributed by atoms with van der Waals surface area (Å²) in [6.07, 6.45) is 8.98. The summed E-state index contributed by atoms with van der Waals surface area (Å²) in [6.45, 7) is 3.76. The Morgan fingerprint density at radius 2 is 1.71 bits per heavy atom. The van der Waals surface area contributed by atoms with Crippen LogP contribution in [-0.2, 0) is 10.0 Å². The Morgan fingerprint density at radius 1 is 1.00 bits per heavy atom. The molecule has 31 heavy (non-hydrogen) atoms. The van der Waals surface area contributed by atoms with E-state index in [2.05, 4.69) is 15.0 Å². The number of fused-ring (bicyclic) bond motifs is 2. The van der Waals surface area contributed by atoms with Gasteiger partial charge in [-0.05, 0) is 51.7 Å². The summed E-state index contributed by atoms with van der Waals surface area (Å²) in [7, 11) is -3.17. The van der Waals surface area contributed by atoms with Crippen LogP contribution in [0.5, 0.6) is 17.5 Å². The highest BCUT2D eigenvalue weighted by Crippen LogP contribution is 2.42. The molecule has 4 heterocycles. The number of nitrogens with zero attached hydrogens (tertiary/aromatic N) is 4. The summed E-state index contributed by atoms with van der Waals surface area (Å²) in [6, 6.07) is 3.72. The van der Waals surface area contributed by atoms with Crippen molar-refractivity contribution < 1.29 is 17.9 Å². The van der Waals surface area contributed by atoms with E-state index in [9.17, 15) is 8.42 Å². The molecule has 2 saturated heterocycles. The van der Waals surface area contributed by atoms with Crippen LogP contribution in [0.25, 0.3) is 0 Å². The van der Waals surface area contributed by atoms with Crippen LogP contribution in [0.3, 0.4) is 0 Å². The second-order valence-electron chi connectivity index (χ2n) is 8.82. The molecule has 166 valence electrons. The van der Waals surface area contributed by atoms with Crippen molar-refractivity contribution in [1.82, 2.24) is 19.3 Å². The van der Waals surface area contributed by atoms with Gasteiger partial charge in [-0.2, -0.15) is 4.31 Å². The molecule has 0 N–H and O–H groups in total. The van der Waals surface area contributed by atoms with Gasteiger partial charge in [-0.15, -0.1) is 0 Å². The molecule has 2 aromatic heterocycles. The highest BCUT2D eigenvalue weighted by atomic mass is 32.2. The zero-order valence-corrected chi connectivity index (χ0v) is 18.7. The Balaban J connectivity index is 1.32. The van der Waals surface area contributed by atoms with Crippen LogP contribution in [-0.4, -0.2) is 51.1 Å². The average molecular weight is 445 g/mol. The standard InChI is InChI=1S/C22H28N4O4S/c1-14-21(24-13-25-22(14)30-20-7-4-10-23-15(20)2)29-18-11-16-5-3-6-17(12-18)26(16)31(27,28)19-8-9-19/h4,7,10,13,16-19H,3,5-6,8-9,11-12H2,1-2H3. The molecule has 2 aromatic rings. The molecule has 1 aliphatic carbocycles. The lowest BCUT2D eigenvalue weighted by Gasteiger charge is -2.47. The minimum Gasteiger partial charge on any atom is -0.474 e. The van der Waals surface area contributed by atoms with Crippen LogP contribution < -0.4 is 9.47 Å². The van der Waals surface area contributed by atoms with Crippen molar-refractivity contribution in [2.24, 2.45) is 0 Å². The van der Waals surface area contributed by atoms with E-state index in [4.69, 9.17) is 9.47 Å². The minimum atomic E-state index is -3.17.